The van der Waals surface area contributed by atoms with Crippen LogP contribution in [0.1, 0.15) is 11.3 Å². The molecule has 4 aromatic rings. The van der Waals surface area contributed by atoms with Crippen LogP contribution in [0.3, 0.4) is 0 Å². The summed E-state index contributed by atoms with van der Waals surface area (Å²) in [4.78, 5) is 5.70. The number of thiazole rings is 1. The highest BCUT2D eigenvalue weighted by molar-refractivity contribution is 7.15. The lowest BCUT2D eigenvalue weighted by atomic mass is 10.1. The standard InChI is InChI=1S/C22H17N3O3S/c1-13-9-15(4-5-18(13)26-2)21-16(7-8-23)25-17(11-29-22(25)24-21)14-3-6-19-20(10-14)28-12-27-19/h3-6,9-11H,7,12H2,1-2H3. The monoisotopic (exact) mass is 403 g/mol. The number of imidazole rings is 1. The largest absolute Gasteiger partial charge is 0.496 e. The van der Waals surface area contributed by atoms with Crippen LogP contribution >= 0.6 is 11.3 Å². The Kier molecular flexibility index (Phi) is 4.14. The normalized spacial score (nSPS) is 12.3. The van der Waals surface area contributed by atoms with E-state index in [9.17, 15) is 5.26 Å². The third-order valence-corrected chi connectivity index (χ3v) is 5.87. The van der Waals surface area contributed by atoms with Crippen LogP contribution < -0.4 is 14.2 Å². The van der Waals surface area contributed by atoms with Crippen molar-refractivity contribution in [2.24, 2.45) is 0 Å². The first kappa shape index (κ1) is 17.6. The van der Waals surface area contributed by atoms with Gasteiger partial charge in [0, 0.05) is 16.5 Å². The summed E-state index contributed by atoms with van der Waals surface area (Å²) in [6.45, 7) is 2.24. The van der Waals surface area contributed by atoms with E-state index >= 15 is 0 Å². The van der Waals surface area contributed by atoms with E-state index in [1.807, 2.05) is 43.3 Å². The average Bonchev–Trinajstić information content (AvgIpc) is 3.43. The molecule has 29 heavy (non-hydrogen) atoms. The zero-order valence-electron chi connectivity index (χ0n) is 15.9. The van der Waals surface area contributed by atoms with Gasteiger partial charge in [-0.2, -0.15) is 5.26 Å². The number of fused-ring (bicyclic) bond motifs is 2. The zero-order valence-corrected chi connectivity index (χ0v) is 16.7. The number of nitrogens with zero attached hydrogens (tertiary/aromatic N) is 3. The van der Waals surface area contributed by atoms with Gasteiger partial charge in [0.15, 0.2) is 16.5 Å². The van der Waals surface area contributed by atoms with E-state index in [2.05, 4.69) is 15.8 Å². The third kappa shape index (κ3) is 2.80. The van der Waals surface area contributed by atoms with Crippen LogP contribution in [0.4, 0.5) is 0 Å². The molecule has 0 fully saturated rings. The molecule has 2 aromatic heterocycles. The second kappa shape index (κ2) is 6.83. The molecule has 0 spiro atoms. The molecular formula is C22H17N3O3S. The van der Waals surface area contributed by atoms with Crippen molar-refractivity contribution < 1.29 is 14.2 Å². The minimum absolute atomic E-state index is 0.240. The molecule has 0 radical (unpaired) electrons. The maximum atomic E-state index is 9.49. The van der Waals surface area contributed by atoms with Gasteiger partial charge in [-0.3, -0.25) is 4.40 Å². The predicted molar refractivity (Wildman–Crippen MR) is 111 cm³/mol. The molecule has 0 saturated carbocycles. The van der Waals surface area contributed by atoms with Crippen molar-refractivity contribution in [1.82, 2.24) is 9.38 Å². The fourth-order valence-electron chi connectivity index (χ4n) is 3.67. The lowest BCUT2D eigenvalue weighted by Gasteiger charge is -2.08. The number of aryl methyl sites for hydroxylation is 1. The minimum atomic E-state index is 0.240. The highest BCUT2D eigenvalue weighted by Gasteiger charge is 2.21. The lowest BCUT2D eigenvalue weighted by molar-refractivity contribution is 0.174. The summed E-state index contributed by atoms with van der Waals surface area (Å²) < 4.78 is 18.4. The fraction of sp³-hybridized carbons (Fsp3) is 0.182. The molecule has 6 nitrogen and oxygen atoms in total. The summed E-state index contributed by atoms with van der Waals surface area (Å²) in [6.07, 6.45) is 0.260. The molecule has 1 aliphatic rings. The molecule has 144 valence electrons. The summed E-state index contributed by atoms with van der Waals surface area (Å²) in [5.74, 6) is 2.31. The van der Waals surface area contributed by atoms with Gasteiger partial charge in [0.1, 0.15) is 5.75 Å². The van der Waals surface area contributed by atoms with Crippen LogP contribution in [0, 0.1) is 18.3 Å². The Balaban J connectivity index is 1.69. The number of nitriles is 1. The minimum Gasteiger partial charge on any atom is -0.496 e. The van der Waals surface area contributed by atoms with Crippen molar-refractivity contribution in [2.75, 3.05) is 13.9 Å². The summed E-state index contributed by atoms with van der Waals surface area (Å²) in [6, 6.07) is 14.1. The number of benzene rings is 2. The molecule has 0 unspecified atom stereocenters. The predicted octanol–water partition coefficient (Wildman–Crippen LogP) is 4.84. The number of methoxy groups -OCH3 is 1. The Labute approximate surface area is 171 Å². The third-order valence-electron chi connectivity index (χ3n) is 5.04. The smallest absolute Gasteiger partial charge is 0.231 e. The molecule has 0 bridgehead atoms. The average molecular weight is 403 g/mol. The molecule has 3 heterocycles. The van der Waals surface area contributed by atoms with E-state index in [4.69, 9.17) is 19.2 Å². The molecule has 0 saturated heterocycles. The highest BCUT2D eigenvalue weighted by Crippen LogP contribution is 2.39. The van der Waals surface area contributed by atoms with Crippen molar-refractivity contribution >= 4 is 16.3 Å². The number of ether oxygens (including phenoxy) is 3. The topological polar surface area (TPSA) is 68.8 Å². The first-order chi connectivity index (χ1) is 14.2. The second-order valence-electron chi connectivity index (χ2n) is 6.73. The Morgan fingerprint density at radius 3 is 2.79 bits per heavy atom. The SMILES string of the molecule is COc1ccc(-c2nc3scc(-c4ccc5c(c4)OCO5)n3c2CC#N)cc1C. The van der Waals surface area contributed by atoms with Crippen LogP contribution in [-0.4, -0.2) is 23.3 Å². The van der Waals surface area contributed by atoms with E-state index in [-0.39, 0.29) is 13.2 Å². The van der Waals surface area contributed by atoms with Crippen LogP contribution in [0.2, 0.25) is 0 Å². The van der Waals surface area contributed by atoms with Gasteiger partial charge in [0.25, 0.3) is 0 Å². The Hall–Kier alpha value is -3.50. The number of hydrogen-bond donors (Lipinski definition) is 0. The van der Waals surface area contributed by atoms with Gasteiger partial charge in [-0.15, -0.1) is 11.3 Å². The van der Waals surface area contributed by atoms with E-state index in [0.717, 1.165) is 56.0 Å². The van der Waals surface area contributed by atoms with Crippen molar-refractivity contribution in [2.45, 2.75) is 13.3 Å². The quantitative estimate of drug-likeness (QED) is 0.488. The fourth-order valence-corrected chi connectivity index (χ4v) is 4.58. The number of hydrogen-bond acceptors (Lipinski definition) is 6. The van der Waals surface area contributed by atoms with Gasteiger partial charge in [-0.25, -0.2) is 4.98 Å². The first-order valence-corrected chi connectivity index (χ1v) is 9.98. The molecule has 0 atom stereocenters. The van der Waals surface area contributed by atoms with Gasteiger partial charge < -0.3 is 14.2 Å². The van der Waals surface area contributed by atoms with Crippen molar-refractivity contribution in [3.05, 3.63) is 53.0 Å². The lowest BCUT2D eigenvalue weighted by Crippen LogP contribution is -1.96. The molecule has 0 aliphatic carbocycles. The van der Waals surface area contributed by atoms with E-state index in [1.165, 1.54) is 0 Å². The van der Waals surface area contributed by atoms with Gasteiger partial charge in [-0.05, 0) is 48.9 Å². The first-order valence-electron chi connectivity index (χ1n) is 9.10. The molecule has 7 heteroatoms. The summed E-state index contributed by atoms with van der Waals surface area (Å²) in [5, 5.41) is 11.5. The van der Waals surface area contributed by atoms with Crippen molar-refractivity contribution in [3.8, 4) is 45.8 Å². The number of rotatable bonds is 4. The van der Waals surface area contributed by atoms with E-state index in [1.54, 1.807) is 18.4 Å². The second-order valence-corrected chi connectivity index (χ2v) is 7.57. The van der Waals surface area contributed by atoms with Crippen molar-refractivity contribution in [3.63, 3.8) is 0 Å². The van der Waals surface area contributed by atoms with Gasteiger partial charge >= 0.3 is 0 Å². The molecule has 0 N–H and O–H groups in total. The molecule has 1 aliphatic heterocycles. The molecule has 0 amide bonds. The molecule has 5 rings (SSSR count). The maximum absolute atomic E-state index is 9.49. The van der Waals surface area contributed by atoms with Crippen LogP contribution in [0.15, 0.2) is 41.8 Å². The van der Waals surface area contributed by atoms with Crippen molar-refractivity contribution in [1.29, 1.82) is 5.26 Å². The van der Waals surface area contributed by atoms with E-state index < -0.39 is 0 Å². The van der Waals surface area contributed by atoms with Gasteiger partial charge in [0.2, 0.25) is 6.79 Å². The van der Waals surface area contributed by atoms with Crippen LogP contribution in [0.5, 0.6) is 17.2 Å². The summed E-state index contributed by atoms with van der Waals surface area (Å²) >= 11 is 1.56. The number of aromatic nitrogens is 2. The van der Waals surface area contributed by atoms with Gasteiger partial charge in [0.05, 0.1) is 36.7 Å². The molecule has 2 aromatic carbocycles. The highest BCUT2D eigenvalue weighted by atomic mass is 32.1. The summed E-state index contributed by atoms with van der Waals surface area (Å²) in [5.41, 5.74) is 5.68. The van der Waals surface area contributed by atoms with E-state index in [0.29, 0.717) is 0 Å². The van der Waals surface area contributed by atoms with Crippen LogP contribution in [-0.2, 0) is 6.42 Å². The summed E-state index contributed by atoms with van der Waals surface area (Å²) in [7, 11) is 1.66. The van der Waals surface area contributed by atoms with Crippen LogP contribution in [0.25, 0.3) is 27.5 Å². The zero-order chi connectivity index (χ0) is 20.0. The Morgan fingerprint density at radius 2 is 2.00 bits per heavy atom. The molecular weight excluding hydrogens is 386 g/mol. The Morgan fingerprint density at radius 1 is 1.17 bits per heavy atom. The maximum Gasteiger partial charge on any atom is 0.231 e. The Bertz CT molecular complexity index is 1280. The van der Waals surface area contributed by atoms with Gasteiger partial charge in [-0.1, -0.05) is 0 Å².